The van der Waals surface area contributed by atoms with E-state index in [1.54, 1.807) is 0 Å². The monoisotopic (exact) mass is 280 g/mol. The van der Waals surface area contributed by atoms with E-state index in [9.17, 15) is 19.3 Å². The highest BCUT2D eigenvalue weighted by atomic mass is 19.1. The Hall–Kier alpha value is -1.98. The zero-order chi connectivity index (χ0) is 14.9. The van der Waals surface area contributed by atoms with E-state index in [4.69, 9.17) is 0 Å². The minimum absolute atomic E-state index is 0.104. The molecule has 20 heavy (non-hydrogen) atoms. The highest BCUT2D eigenvalue weighted by Gasteiger charge is 2.45. The van der Waals surface area contributed by atoms with Gasteiger partial charge in [0, 0.05) is 18.2 Å². The van der Waals surface area contributed by atoms with Crippen molar-refractivity contribution in [3.63, 3.8) is 0 Å². The molecule has 1 saturated carbocycles. The lowest BCUT2D eigenvalue weighted by Crippen LogP contribution is -2.32. The third-order valence-corrected chi connectivity index (χ3v) is 4.12. The van der Waals surface area contributed by atoms with Gasteiger partial charge in [-0.25, -0.2) is 0 Å². The Bertz CT molecular complexity index is 553. The number of nitrogens with one attached hydrogen (secondary N) is 1. The quantitative estimate of drug-likeness (QED) is 0.665. The Labute approximate surface area is 116 Å². The van der Waals surface area contributed by atoms with Crippen molar-refractivity contribution in [2.75, 3.05) is 6.54 Å². The minimum Gasteiger partial charge on any atom is -0.351 e. The maximum atomic E-state index is 13.5. The van der Waals surface area contributed by atoms with E-state index < -0.39 is 22.3 Å². The second-order valence-corrected chi connectivity index (χ2v) is 5.62. The number of carbonyl (C=O) groups is 1. The van der Waals surface area contributed by atoms with Gasteiger partial charge >= 0.3 is 5.69 Å². The summed E-state index contributed by atoms with van der Waals surface area (Å²) in [5.74, 6) is -0.908. The van der Waals surface area contributed by atoms with Crippen LogP contribution in [-0.2, 0) is 0 Å². The molecule has 2 rings (SSSR count). The summed E-state index contributed by atoms with van der Waals surface area (Å²) in [7, 11) is 0. The van der Waals surface area contributed by atoms with Gasteiger partial charge in [0.15, 0.2) is 0 Å². The number of benzene rings is 1. The van der Waals surface area contributed by atoms with E-state index in [1.807, 2.05) is 0 Å². The van der Waals surface area contributed by atoms with E-state index in [2.05, 4.69) is 19.2 Å². The lowest BCUT2D eigenvalue weighted by Gasteiger charge is -2.19. The predicted octanol–water partition coefficient (Wildman–Crippen LogP) is 2.90. The molecular formula is C14H17FN2O3. The molecule has 0 unspecified atom stereocenters. The van der Waals surface area contributed by atoms with Crippen molar-refractivity contribution in [2.24, 2.45) is 11.3 Å². The standard InChI is InChI=1S/C14H17FN2O3/c1-9(2)14(5-6-14)8-16-13(18)10-3-4-12(17(19)20)11(15)7-10/h3-4,7,9H,5-6,8H2,1-2H3,(H,16,18). The van der Waals surface area contributed by atoms with Crippen molar-refractivity contribution >= 4 is 11.6 Å². The summed E-state index contributed by atoms with van der Waals surface area (Å²) in [6.07, 6.45) is 2.17. The van der Waals surface area contributed by atoms with Crippen LogP contribution in [0.5, 0.6) is 0 Å². The van der Waals surface area contributed by atoms with Gasteiger partial charge in [-0.3, -0.25) is 14.9 Å². The molecule has 0 saturated heterocycles. The number of halogens is 1. The molecule has 0 aliphatic heterocycles. The molecule has 1 amide bonds. The van der Waals surface area contributed by atoms with Gasteiger partial charge in [0.1, 0.15) is 0 Å². The third-order valence-electron chi connectivity index (χ3n) is 4.12. The Morgan fingerprint density at radius 3 is 2.60 bits per heavy atom. The van der Waals surface area contributed by atoms with Gasteiger partial charge in [0.25, 0.3) is 5.91 Å². The van der Waals surface area contributed by atoms with E-state index in [-0.39, 0.29) is 11.0 Å². The van der Waals surface area contributed by atoms with Crippen LogP contribution in [0.2, 0.25) is 0 Å². The molecule has 0 atom stereocenters. The molecule has 5 nitrogen and oxygen atoms in total. The van der Waals surface area contributed by atoms with Crippen LogP contribution >= 0.6 is 0 Å². The first-order chi connectivity index (χ1) is 9.35. The zero-order valence-electron chi connectivity index (χ0n) is 11.5. The molecule has 0 spiro atoms. The fourth-order valence-corrected chi connectivity index (χ4v) is 2.27. The van der Waals surface area contributed by atoms with Gasteiger partial charge in [-0.15, -0.1) is 0 Å². The second-order valence-electron chi connectivity index (χ2n) is 5.62. The molecular weight excluding hydrogens is 263 g/mol. The molecule has 1 fully saturated rings. The molecule has 1 aliphatic carbocycles. The van der Waals surface area contributed by atoms with Crippen molar-refractivity contribution in [2.45, 2.75) is 26.7 Å². The van der Waals surface area contributed by atoms with Gasteiger partial charge in [0.05, 0.1) is 4.92 Å². The van der Waals surface area contributed by atoms with Crippen LogP contribution in [0.1, 0.15) is 37.0 Å². The SMILES string of the molecule is CC(C)C1(CNC(=O)c2ccc([N+](=O)[O-])c(F)c2)CC1. The number of nitro groups is 1. The number of nitrogens with zero attached hydrogens (tertiary/aromatic N) is 1. The first kappa shape index (κ1) is 14.4. The summed E-state index contributed by atoms with van der Waals surface area (Å²) in [5.41, 5.74) is -0.357. The summed E-state index contributed by atoms with van der Waals surface area (Å²) in [4.78, 5) is 21.6. The van der Waals surface area contributed by atoms with Gasteiger partial charge in [-0.05, 0) is 36.3 Å². The molecule has 1 aromatic carbocycles. The summed E-state index contributed by atoms with van der Waals surface area (Å²) >= 11 is 0. The molecule has 1 aliphatic rings. The number of hydrogen-bond acceptors (Lipinski definition) is 3. The van der Waals surface area contributed by atoms with Crippen LogP contribution in [0.25, 0.3) is 0 Å². The van der Waals surface area contributed by atoms with Crippen molar-refractivity contribution in [3.05, 3.63) is 39.7 Å². The zero-order valence-corrected chi connectivity index (χ0v) is 11.5. The molecule has 0 aromatic heterocycles. The Balaban J connectivity index is 2.03. The maximum Gasteiger partial charge on any atom is 0.304 e. The van der Waals surface area contributed by atoms with Crippen LogP contribution in [0, 0.1) is 27.3 Å². The van der Waals surface area contributed by atoms with Crippen LogP contribution < -0.4 is 5.32 Å². The number of hydrogen-bond donors (Lipinski definition) is 1. The van der Waals surface area contributed by atoms with Crippen LogP contribution in [-0.4, -0.2) is 17.4 Å². The largest absolute Gasteiger partial charge is 0.351 e. The van der Waals surface area contributed by atoms with Crippen molar-refractivity contribution < 1.29 is 14.1 Å². The van der Waals surface area contributed by atoms with Gasteiger partial charge in [-0.2, -0.15) is 4.39 Å². The van der Waals surface area contributed by atoms with Crippen LogP contribution in [0.15, 0.2) is 18.2 Å². The molecule has 1 aromatic rings. The lowest BCUT2D eigenvalue weighted by atomic mass is 9.92. The summed E-state index contributed by atoms with van der Waals surface area (Å²) < 4.78 is 13.5. The predicted molar refractivity (Wildman–Crippen MR) is 71.9 cm³/mol. The average molecular weight is 280 g/mol. The Kier molecular flexibility index (Phi) is 3.74. The maximum absolute atomic E-state index is 13.5. The highest BCUT2D eigenvalue weighted by molar-refractivity contribution is 5.94. The summed E-state index contributed by atoms with van der Waals surface area (Å²) in [6, 6.07) is 3.19. The van der Waals surface area contributed by atoms with E-state index in [1.165, 1.54) is 6.07 Å². The van der Waals surface area contributed by atoms with Gasteiger partial charge in [-0.1, -0.05) is 13.8 Å². The fraction of sp³-hybridized carbons (Fsp3) is 0.500. The molecule has 0 radical (unpaired) electrons. The minimum atomic E-state index is -0.993. The number of amides is 1. The first-order valence-corrected chi connectivity index (χ1v) is 6.58. The second kappa shape index (κ2) is 5.19. The third kappa shape index (κ3) is 2.79. The molecule has 6 heteroatoms. The molecule has 1 N–H and O–H groups in total. The lowest BCUT2D eigenvalue weighted by molar-refractivity contribution is -0.387. The average Bonchev–Trinajstić information content (AvgIpc) is 3.16. The number of carbonyl (C=O) groups excluding carboxylic acids is 1. The Morgan fingerprint density at radius 2 is 2.15 bits per heavy atom. The topological polar surface area (TPSA) is 72.2 Å². The van der Waals surface area contributed by atoms with E-state index in [0.29, 0.717) is 12.5 Å². The van der Waals surface area contributed by atoms with Crippen molar-refractivity contribution in [1.82, 2.24) is 5.32 Å². The molecule has 108 valence electrons. The normalized spacial score (nSPS) is 16.0. The highest BCUT2D eigenvalue weighted by Crippen LogP contribution is 2.51. The van der Waals surface area contributed by atoms with E-state index >= 15 is 0 Å². The van der Waals surface area contributed by atoms with Crippen molar-refractivity contribution in [3.8, 4) is 0 Å². The van der Waals surface area contributed by atoms with E-state index in [0.717, 1.165) is 25.0 Å². The molecule has 0 heterocycles. The van der Waals surface area contributed by atoms with Crippen LogP contribution in [0.4, 0.5) is 10.1 Å². The molecule has 0 bridgehead atoms. The summed E-state index contributed by atoms with van der Waals surface area (Å²) in [6.45, 7) is 4.79. The van der Waals surface area contributed by atoms with Crippen molar-refractivity contribution in [1.29, 1.82) is 0 Å². The smallest absolute Gasteiger partial charge is 0.304 e. The fourth-order valence-electron chi connectivity index (χ4n) is 2.27. The number of nitro benzene ring substituents is 1. The van der Waals surface area contributed by atoms with Gasteiger partial charge in [0.2, 0.25) is 5.82 Å². The van der Waals surface area contributed by atoms with Crippen LogP contribution in [0.3, 0.4) is 0 Å². The van der Waals surface area contributed by atoms with Gasteiger partial charge < -0.3 is 5.32 Å². The summed E-state index contributed by atoms with van der Waals surface area (Å²) in [5, 5.41) is 13.3. The number of rotatable bonds is 5. The first-order valence-electron chi connectivity index (χ1n) is 6.58. The Morgan fingerprint density at radius 1 is 1.50 bits per heavy atom.